The van der Waals surface area contributed by atoms with Gasteiger partial charge in [0.2, 0.25) is 0 Å². The van der Waals surface area contributed by atoms with Crippen LogP contribution < -0.4 is 9.08 Å². The fraction of sp³-hybridized carbons (Fsp3) is 0.192. The molecule has 216 valence electrons. The Kier molecular flexibility index (Phi) is 9.22. The highest BCUT2D eigenvalue weighted by atomic mass is 35.5. The minimum Gasteiger partial charge on any atom is -0.382 e. The molecule has 0 bridgehead atoms. The van der Waals surface area contributed by atoms with Crippen LogP contribution in [0, 0.1) is 6.92 Å². The van der Waals surface area contributed by atoms with Gasteiger partial charge in [0, 0.05) is 22.3 Å². The van der Waals surface area contributed by atoms with Crippen molar-refractivity contribution < 1.29 is 30.2 Å². The molecule has 0 saturated carbocycles. The zero-order chi connectivity index (χ0) is 29.9. The quantitative estimate of drug-likeness (QED) is 0.0816. The Hall–Kier alpha value is -3.26. The van der Waals surface area contributed by atoms with Crippen LogP contribution >= 0.6 is 35.4 Å². The van der Waals surface area contributed by atoms with Crippen molar-refractivity contribution in [1.29, 1.82) is 0 Å². The second-order valence-corrected chi connectivity index (χ2v) is 11.5. The van der Waals surface area contributed by atoms with Gasteiger partial charge >= 0.3 is 16.4 Å². The summed E-state index contributed by atoms with van der Waals surface area (Å²) in [5, 5.41) is 4.93. The lowest BCUT2D eigenvalue weighted by molar-refractivity contribution is -0.118. The molecule has 0 radical (unpaired) electrons. The maximum absolute atomic E-state index is 14.2. The molecule has 2 aromatic carbocycles. The maximum Gasteiger partial charge on any atom is 0.491 e. The van der Waals surface area contributed by atoms with Crippen molar-refractivity contribution in [2.75, 3.05) is 17.3 Å². The predicted octanol–water partition coefficient (Wildman–Crippen LogP) is 7.32. The van der Waals surface area contributed by atoms with Crippen LogP contribution in [-0.2, 0) is 10.1 Å². The molecule has 2 aromatic heterocycles. The van der Waals surface area contributed by atoms with Crippen molar-refractivity contribution >= 4 is 56.3 Å². The van der Waals surface area contributed by atoms with Crippen LogP contribution in [0.15, 0.2) is 66.9 Å². The van der Waals surface area contributed by atoms with Gasteiger partial charge < -0.3 is 4.18 Å². The van der Waals surface area contributed by atoms with E-state index in [1.807, 2.05) is 0 Å². The van der Waals surface area contributed by atoms with E-state index in [9.17, 15) is 26.0 Å². The lowest BCUT2D eigenvalue weighted by atomic mass is 10.1. The van der Waals surface area contributed by atoms with Crippen LogP contribution in [0.4, 0.5) is 23.4 Å². The van der Waals surface area contributed by atoms with Crippen molar-refractivity contribution in [2.45, 2.75) is 19.6 Å². The molecule has 0 saturated heterocycles. The fourth-order valence-corrected chi connectivity index (χ4v) is 5.72. The number of anilines is 1. The van der Waals surface area contributed by atoms with Gasteiger partial charge in [0.15, 0.2) is 0 Å². The average molecular weight is 648 g/mol. The topological polar surface area (TPSA) is 77.3 Å². The molecule has 0 spiro atoms. The Balaban J connectivity index is 1.85. The molecule has 7 nitrogen and oxygen atoms in total. The summed E-state index contributed by atoms with van der Waals surface area (Å²) in [4.78, 5) is 3.11. The molecule has 4 aromatic rings. The van der Waals surface area contributed by atoms with Gasteiger partial charge in [-0.3, -0.25) is 4.39 Å². The largest absolute Gasteiger partial charge is 0.491 e. The molecular formula is C26H20Cl2F4N4O3S2. The Morgan fingerprint density at radius 1 is 1.10 bits per heavy atom. The van der Waals surface area contributed by atoms with Crippen LogP contribution in [0.3, 0.4) is 0 Å². The fourth-order valence-electron chi connectivity index (χ4n) is 3.89. The first-order valence-corrected chi connectivity index (χ1v) is 14.5. The molecule has 0 aliphatic rings. The summed E-state index contributed by atoms with van der Waals surface area (Å²) in [7, 11) is -4.02. The molecule has 41 heavy (non-hydrogen) atoms. The van der Waals surface area contributed by atoms with E-state index >= 15 is 0 Å². The van der Waals surface area contributed by atoms with E-state index in [0.29, 0.717) is 22.0 Å². The molecule has 0 amide bonds. The molecule has 0 aliphatic carbocycles. The normalized spacial score (nSPS) is 11.9. The predicted molar refractivity (Wildman–Crippen MR) is 153 cm³/mol. The summed E-state index contributed by atoms with van der Waals surface area (Å²) in [5.74, 6) is -0.977. The van der Waals surface area contributed by atoms with E-state index < -0.39 is 39.7 Å². The summed E-state index contributed by atoms with van der Waals surface area (Å²) in [6.45, 7) is 0.734. The number of rotatable bonds is 9. The van der Waals surface area contributed by atoms with Crippen LogP contribution in [0.2, 0.25) is 10.0 Å². The minimum absolute atomic E-state index is 0.0324. The van der Waals surface area contributed by atoms with Gasteiger partial charge in [-0.25, -0.2) is 14.6 Å². The Morgan fingerprint density at radius 2 is 1.80 bits per heavy atom. The van der Waals surface area contributed by atoms with Crippen molar-refractivity contribution in [3.05, 3.63) is 88.2 Å². The standard InChI is InChI=1S/C26H20Cl2F4N4O3S2/c1-16-23(25(40)35(26(30,31)32)22-5-2-3-13-33-22)34-36(21-11-8-18(27)15-20(21)28)24(16)17-6-9-19(10-7-17)39-41(37,38)14-4-12-29/h2-3,5-11,13,15H,4,12,14H2,1H3. The van der Waals surface area contributed by atoms with E-state index in [1.165, 1.54) is 65.5 Å². The first-order valence-electron chi connectivity index (χ1n) is 11.8. The van der Waals surface area contributed by atoms with Crippen LogP contribution in [0.5, 0.6) is 5.75 Å². The molecule has 0 aliphatic heterocycles. The van der Waals surface area contributed by atoms with Crippen molar-refractivity contribution in [1.82, 2.24) is 14.8 Å². The van der Waals surface area contributed by atoms with Gasteiger partial charge in [-0.2, -0.15) is 13.5 Å². The zero-order valence-electron chi connectivity index (χ0n) is 21.1. The molecular weight excluding hydrogens is 627 g/mol. The van der Waals surface area contributed by atoms with E-state index in [0.717, 1.165) is 0 Å². The number of nitrogens with zero attached hydrogens (tertiary/aromatic N) is 4. The van der Waals surface area contributed by atoms with Crippen LogP contribution in [-0.4, -0.2) is 46.9 Å². The Bertz CT molecular complexity index is 1670. The number of hydrogen-bond donors (Lipinski definition) is 0. The summed E-state index contributed by atoms with van der Waals surface area (Å²) in [6, 6.07) is 14.3. The van der Waals surface area contributed by atoms with Crippen molar-refractivity contribution in [3.63, 3.8) is 0 Å². The molecule has 0 fully saturated rings. The first-order chi connectivity index (χ1) is 19.3. The third-order valence-corrected chi connectivity index (χ3v) is 7.83. The highest BCUT2D eigenvalue weighted by Gasteiger charge is 2.43. The maximum atomic E-state index is 14.2. The zero-order valence-corrected chi connectivity index (χ0v) is 24.2. The van der Waals surface area contributed by atoms with Gasteiger partial charge in [0.25, 0.3) is 0 Å². The summed E-state index contributed by atoms with van der Waals surface area (Å²) in [5.41, 5.74) is 1.16. The van der Waals surface area contributed by atoms with Gasteiger partial charge in [-0.15, -0.1) is 13.2 Å². The molecule has 0 N–H and O–H groups in total. The third-order valence-electron chi connectivity index (χ3n) is 5.68. The second kappa shape index (κ2) is 12.3. The summed E-state index contributed by atoms with van der Waals surface area (Å²) < 4.78 is 85.6. The lowest BCUT2D eigenvalue weighted by Gasteiger charge is -2.25. The Labute approximate surface area is 248 Å². The number of aromatic nitrogens is 3. The molecule has 0 atom stereocenters. The molecule has 2 heterocycles. The van der Waals surface area contributed by atoms with Gasteiger partial charge in [0.1, 0.15) is 22.2 Å². The summed E-state index contributed by atoms with van der Waals surface area (Å²) >= 11 is 17.8. The number of halogens is 6. The van der Waals surface area contributed by atoms with E-state index in [2.05, 4.69) is 10.1 Å². The van der Waals surface area contributed by atoms with E-state index in [-0.39, 0.29) is 33.4 Å². The number of benzene rings is 2. The van der Waals surface area contributed by atoms with E-state index in [4.69, 9.17) is 39.6 Å². The van der Waals surface area contributed by atoms with Crippen molar-refractivity contribution in [3.8, 4) is 22.7 Å². The Morgan fingerprint density at radius 3 is 2.39 bits per heavy atom. The van der Waals surface area contributed by atoms with Gasteiger partial charge in [0.05, 0.1) is 28.8 Å². The average Bonchev–Trinajstić information content (AvgIpc) is 3.24. The highest BCUT2D eigenvalue weighted by Crippen LogP contribution is 2.36. The second-order valence-electron chi connectivity index (χ2n) is 8.54. The molecule has 4 rings (SSSR count). The third kappa shape index (κ3) is 6.97. The van der Waals surface area contributed by atoms with E-state index in [1.54, 1.807) is 13.0 Å². The van der Waals surface area contributed by atoms with Crippen molar-refractivity contribution in [2.24, 2.45) is 0 Å². The smallest absolute Gasteiger partial charge is 0.382 e. The van der Waals surface area contributed by atoms with Gasteiger partial charge in [-0.1, -0.05) is 41.5 Å². The summed E-state index contributed by atoms with van der Waals surface area (Å²) in [6.07, 6.45) is -3.92. The molecule has 0 unspecified atom stereocenters. The number of alkyl halides is 4. The highest BCUT2D eigenvalue weighted by molar-refractivity contribution is 7.87. The number of thiocarbonyl (C=S) groups is 1. The first kappa shape index (κ1) is 30.7. The number of hydrogen-bond acceptors (Lipinski definition) is 6. The van der Waals surface area contributed by atoms with Gasteiger partial charge in [-0.05, 0) is 67.9 Å². The SMILES string of the molecule is Cc1c(C(=S)N(c2ccccn2)C(F)(F)F)nn(-c2ccc(Cl)cc2Cl)c1-c1ccc(OS(=O)(=O)CCCF)cc1. The number of pyridine rings is 1. The monoisotopic (exact) mass is 646 g/mol. The molecule has 15 heteroatoms. The lowest BCUT2D eigenvalue weighted by Crippen LogP contribution is -2.43. The van der Waals surface area contributed by atoms with Crippen LogP contribution in [0.25, 0.3) is 16.9 Å². The minimum atomic E-state index is -4.92. The van der Waals surface area contributed by atoms with Crippen LogP contribution in [0.1, 0.15) is 17.7 Å².